The van der Waals surface area contributed by atoms with Gasteiger partial charge in [-0.05, 0) is 28.8 Å². The van der Waals surface area contributed by atoms with Crippen LogP contribution < -0.4 is 4.74 Å². The summed E-state index contributed by atoms with van der Waals surface area (Å²) in [6.07, 6.45) is 5.89. The molecule has 1 aliphatic rings. The molecule has 0 unspecified atom stereocenters. The zero-order chi connectivity index (χ0) is 8.55. The highest BCUT2D eigenvalue weighted by atomic mass is 79.9. The molecule has 2 nitrogen and oxygen atoms in total. The SMILES string of the molecule is Clc1cncc(Br)c1OC1CC1. The van der Waals surface area contributed by atoms with E-state index in [1.54, 1.807) is 12.4 Å². The summed E-state index contributed by atoms with van der Waals surface area (Å²) in [6, 6.07) is 0. The zero-order valence-electron chi connectivity index (χ0n) is 6.26. The van der Waals surface area contributed by atoms with E-state index in [2.05, 4.69) is 20.9 Å². The summed E-state index contributed by atoms with van der Waals surface area (Å²) < 4.78 is 6.39. The number of hydrogen-bond acceptors (Lipinski definition) is 2. The molecule has 64 valence electrons. The van der Waals surface area contributed by atoms with Gasteiger partial charge in [0.1, 0.15) is 5.02 Å². The predicted octanol–water partition coefficient (Wildman–Crippen LogP) is 3.04. The van der Waals surface area contributed by atoms with E-state index in [-0.39, 0.29) is 0 Å². The van der Waals surface area contributed by atoms with Crippen molar-refractivity contribution in [2.24, 2.45) is 0 Å². The number of ether oxygens (including phenoxy) is 1. The topological polar surface area (TPSA) is 22.1 Å². The van der Waals surface area contributed by atoms with Gasteiger partial charge in [-0.1, -0.05) is 11.6 Å². The molecule has 0 saturated heterocycles. The molecule has 1 aromatic rings. The monoisotopic (exact) mass is 247 g/mol. The number of pyridine rings is 1. The van der Waals surface area contributed by atoms with Crippen LogP contribution in [0.15, 0.2) is 16.9 Å². The van der Waals surface area contributed by atoms with Crippen LogP contribution in [0.5, 0.6) is 5.75 Å². The van der Waals surface area contributed by atoms with Gasteiger partial charge in [-0.15, -0.1) is 0 Å². The molecule has 0 N–H and O–H groups in total. The second kappa shape index (κ2) is 3.23. The van der Waals surface area contributed by atoms with Crippen LogP contribution >= 0.6 is 27.5 Å². The van der Waals surface area contributed by atoms with Crippen LogP contribution in [0.4, 0.5) is 0 Å². The Labute approximate surface area is 84.0 Å². The molecule has 1 aliphatic carbocycles. The lowest BCUT2D eigenvalue weighted by Crippen LogP contribution is -1.97. The fourth-order valence-electron chi connectivity index (χ4n) is 0.865. The van der Waals surface area contributed by atoms with E-state index in [9.17, 15) is 0 Å². The molecule has 4 heteroatoms. The first-order valence-electron chi connectivity index (χ1n) is 3.73. The summed E-state index contributed by atoms with van der Waals surface area (Å²) in [5.41, 5.74) is 0. The molecule has 0 aliphatic heterocycles. The van der Waals surface area contributed by atoms with E-state index >= 15 is 0 Å². The van der Waals surface area contributed by atoms with Crippen molar-refractivity contribution in [3.05, 3.63) is 21.9 Å². The van der Waals surface area contributed by atoms with Crippen LogP contribution in [0.25, 0.3) is 0 Å². The largest absolute Gasteiger partial charge is 0.488 e. The summed E-state index contributed by atoms with van der Waals surface area (Å²) in [7, 11) is 0. The van der Waals surface area contributed by atoms with Crippen molar-refractivity contribution in [3.63, 3.8) is 0 Å². The number of aromatic nitrogens is 1. The molecule has 1 fully saturated rings. The van der Waals surface area contributed by atoms with E-state index in [0.717, 1.165) is 17.3 Å². The van der Waals surface area contributed by atoms with Crippen LogP contribution in [-0.4, -0.2) is 11.1 Å². The van der Waals surface area contributed by atoms with Gasteiger partial charge < -0.3 is 4.74 Å². The maximum atomic E-state index is 5.88. The quantitative estimate of drug-likeness (QED) is 0.802. The molecule has 12 heavy (non-hydrogen) atoms. The van der Waals surface area contributed by atoms with Gasteiger partial charge in [0.15, 0.2) is 5.75 Å². The van der Waals surface area contributed by atoms with E-state index in [1.165, 1.54) is 0 Å². The number of nitrogens with zero attached hydrogens (tertiary/aromatic N) is 1. The Hall–Kier alpha value is -0.280. The fraction of sp³-hybridized carbons (Fsp3) is 0.375. The lowest BCUT2D eigenvalue weighted by molar-refractivity contribution is 0.301. The number of halogens is 2. The van der Waals surface area contributed by atoms with Crippen molar-refractivity contribution in [2.45, 2.75) is 18.9 Å². The Morgan fingerprint density at radius 2 is 2.25 bits per heavy atom. The lowest BCUT2D eigenvalue weighted by Gasteiger charge is -2.07. The Morgan fingerprint density at radius 1 is 1.50 bits per heavy atom. The summed E-state index contributed by atoms with van der Waals surface area (Å²) >= 11 is 9.22. The third kappa shape index (κ3) is 1.72. The molecule has 0 atom stereocenters. The molecule has 0 amide bonds. The van der Waals surface area contributed by atoms with E-state index in [0.29, 0.717) is 16.9 Å². The van der Waals surface area contributed by atoms with E-state index < -0.39 is 0 Å². The van der Waals surface area contributed by atoms with Crippen LogP contribution in [0, 0.1) is 0 Å². The third-order valence-electron chi connectivity index (χ3n) is 1.62. The minimum Gasteiger partial charge on any atom is -0.488 e. The average molecular weight is 249 g/mol. The van der Waals surface area contributed by atoms with Crippen LogP contribution in [-0.2, 0) is 0 Å². The second-order valence-electron chi connectivity index (χ2n) is 2.75. The van der Waals surface area contributed by atoms with E-state index in [1.807, 2.05) is 0 Å². The molecule has 0 aromatic carbocycles. The molecule has 1 aromatic heterocycles. The molecule has 0 radical (unpaired) electrons. The number of rotatable bonds is 2. The van der Waals surface area contributed by atoms with Crippen molar-refractivity contribution in [1.82, 2.24) is 4.98 Å². The molecule has 0 spiro atoms. The zero-order valence-corrected chi connectivity index (χ0v) is 8.60. The Bertz CT molecular complexity index is 281. The minimum atomic E-state index is 0.362. The molecule has 2 rings (SSSR count). The second-order valence-corrected chi connectivity index (χ2v) is 4.01. The standard InChI is InChI=1S/C8H7BrClNO/c9-6-3-11-4-7(10)8(6)12-5-1-2-5/h3-5H,1-2H2. The van der Waals surface area contributed by atoms with Crippen molar-refractivity contribution in [3.8, 4) is 5.75 Å². The van der Waals surface area contributed by atoms with Gasteiger partial charge in [-0.3, -0.25) is 4.98 Å². The first-order valence-corrected chi connectivity index (χ1v) is 4.90. The highest BCUT2D eigenvalue weighted by Gasteiger charge is 2.25. The van der Waals surface area contributed by atoms with Crippen LogP contribution in [0.1, 0.15) is 12.8 Å². The molecular formula is C8H7BrClNO. The average Bonchev–Trinajstić information content (AvgIpc) is 2.80. The molecule has 0 bridgehead atoms. The van der Waals surface area contributed by atoms with Gasteiger partial charge in [0.2, 0.25) is 0 Å². The van der Waals surface area contributed by atoms with Gasteiger partial charge >= 0.3 is 0 Å². The van der Waals surface area contributed by atoms with Gasteiger partial charge in [0.05, 0.1) is 10.6 Å². The van der Waals surface area contributed by atoms with Crippen LogP contribution in [0.2, 0.25) is 5.02 Å². The van der Waals surface area contributed by atoms with E-state index in [4.69, 9.17) is 16.3 Å². The van der Waals surface area contributed by atoms with Gasteiger partial charge in [0, 0.05) is 12.4 Å². The van der Waals surface area contributed by atoms with Crippen molar-refractivity contribution in [1.29, 1.82) is 0 Å². The highest BCUT2D eigenvalue weighted by Crippen LogP contribution is 2.36. The van der Waals surface area contributed by atoms with Gasteiger partial charge in [0.25, 0.3) is 0 Å². The summed E-state index contributed by atoms with van der Waals surface area (Å²) in [4.78, 5) is 3.91. The van der Waals surface area contributed by atoms with Gasteiger partial charge in [-0.25, -0.2) is 0 Å². The first kappa shape index (κ1) is 8.32. The maximum absolute atomic E-state index is 5.88. The van der Waals surface area contributed by atoms with Crippen molar-refractivity contribution < 1.29 is 4.74 Å². The van der Waals surface area contributed by atoms with Crippen molar-refractivity contribution in [2.75, 3.05) is 0 Å². The fourth-order valence-corrected chi connectivity index (χ4v) is 1.61. The summed E-state index contributed by atoms with van der Waals surface area (Å²) in [5, 5.41) is 0.566. The Kier molecular flexibility index (Phi) is 2.24. The molecular weight excluding hydrogens is 241 g/mol. The summed E-state index contributed by atoms with van der Waals surface area (Å²) in [6.45, 7) is 0. The molecule has 1 saturated carbocycles. The maximum Gasteiger partial charge on any atom is 0.155 e. The summed E-state index contributed by atoms with van der Waals surface area (Å²) in [5.74, 6) is 0.717. The smallest absolute Gasteiger partial charge is 0.155 e. The van der Waals surface area contributed by atoms with Crippen LogP contribution in [0.3, 0.4) is 0 Å². The first-order chi connectivity index (χ1) is 5.77. The number of hydrogen-bond donors (Lipinski definition) is 0. The van der Waals surface area contributed by atoms with Crippen molar-refractivity contribution >= 4 is 27.5 Å². The third-order valence-corrected chi connectivity index (χ3v) is 2.45. The normalized spacial score (nSPS) is 16.2. The molecule has 1 heterocycles. The minimum absolute atomic E-state index is 0.362. The predicted molar refractivity (Wildman–Crippen MR) is 50.6 cm³/mol. The highest BCUT2D eigenvalue weighted by molar-refractivity contribution is 9.10. The van der Waals surface area contributed by atoms with Gasteiger partial charge in [-0.2, -0.15) is 0 Å². The Morgan fingerprint density at radius 3 is 2.83 bits per heavy atom. The Balaban J connectivity index is 2.26. The lowest BCUT2D eigenvalue weighted by atomic mass is 10.4.